The molecular weight excluding hydrogens is 386 g/mol. The van der Waals surface area contributed by atoms with Crippen LogP contribution in [0.15, 0.2) is 42.6 Å². The van der Waals surface area contributed by atoms with E-state index in [1.807, 2.05) is 36.8 Å². The maximum absolute atomic E-state index is 12.6. The van der Waals surface area contributed by atoms with E-state index in [0.717, 1.165) is 36.5 Å². The molecule has 0 unspecified atom stereocenters. The van der Waals surface area contributed by atoms with Crippen LogP contribution in [0.25, 0.3) is 5.65 Å². The molecule has 6 nitrogen and oxygen atoms in total. The molecule has 0 aliphatic carbocycles. The van der Waals surface area contributed by atoms with Crippen molar-refractivity contribution in [3.63, 3.8) is 0 Å². The number of carbonyl (C=O) groups excluding carboxylic acids is 1. The summed E-state index contributed by atoms with van der Waals surface area (Å²) in [5.74, 6) is 1.56. The highest BCUT2D eigenvalue weighted by molar-refractivity contribution is 5.94. The van der Waals surface area contributed by atoms with Gasteiger partial charge in [-0.25, -0.2) is 4.98 Å². The Labute approximate surface area is 185 Å². The smallest absolute Gasteiger partial charge is 0.252 e. The van der Waals surface area contributed by atoms with E-state index >= 15 is 0 Å². The first-order chi connectivity index (χ1) is 14.8. The number of nitrogens with one attached hydrogen (secondary N) is 1. The number of pyridine rings is 1. The summed E-state index contributed by atoms with van der Waals surface area (Å²) < 4.78 is 2.05. The molecule has 0 bridgehead atoms. The Morgan fingerprint density at radius 2 is 1.81 bits per heavy atom. The number of fused-ring (bicyclic) bond motifs is 1. The van der Waals surface area contributed by atoms with Gasteiger partial charge in [-0.1, -0.05) is 32.9 Å². The number of rotatable bonds is 9. The monoisotopic (exact) mass is 421 g/mol. The fourth-order valence-electron chi connectivity index (χ4n) is 3.68. The summed E-state index contributed by atoms with van der Waals surface area (Å²) in [6, 6.07) is 12.4. The summed E-state index contributed by atoms with van der Waals surface area (Å²) in [7, 11) is 6.17. The number of amides is 1. The highest BCUT2D eigenvalue weighted by Crippen LogP contribution is 2.25. The van der Waals surface area contributed by atoms with Crippen LogP contribution >= 0.6 is 0 Å². The largest absolute Gasteiger partial charge is 0.378 e. The van der Waals surface area contributed by atoms with Crippen molar-refractivity contribution in [2.75, 3.05) is 37.5 Å². The normalized spacial score (nSPS) is 11.2. The molecule has 0 aliphatic rings. The minimum Gasteiger partial charge on any atom is -0.378 e. The first-order valence-corrected chi connectivity index (χ1v) is 11.1. The third kappa shape index (κ3) is 5.37. The van der Waals surface area contributed by atoms with Gasteiger partial charge in [0.1, 0.15) is 11.5 Å². The van der Waals surface area contributed by atoms with Gasteiger partial charge in [-0.15, -0.1) is 0 Å². The molecule has 0 atom stereocenters. The fraction of sp³-hybridized carbons (Fsp3) is 0.440. The first-order valence-electron chi connectivity index (χ1n) is 11.1. The lowest BCUT2D eigenvalue weighted by molar-refractivity contribution is 0.0951. The van der Waals surface area contributed by atoms with Crippen LogP contribution in [0, 0.1) is 5.92 Å². The predicted octanol–water partition coefficient (Wildman–Crippen LogP) is 4.38. The molecule has 2 heterocycles. The Morgan fingerprint density at radius 3 is 2.42 bits per heavy atom. The highest BCUT2D eigenvalue weighted by atomic mass is 16.1. The number of anilines is 2. The van der Waals surface area contributed by atoms with Gasteiger partial charge in [0, 0.05) is 46.1 Å². The van der Waals surface area contributed by atoms with E-state index in [1.54, 1.807) is 0 Å². The van der Waals surface area contributed by atoms with Crippen LogP contribution in [-0.4, -0.2) is 43.0 Å². The Bertz CT molecular complexity index is 1020. The minimum atomic E-state index is -0.0397. The number of hydrogen-bond acceptors (Lipinski definition) is 4. The number of hydrogen-bond donors (Lipinski definition) is 1. The van der Waals surface area contributed by atoms with Crippen molar-refractivity contribution < 1.29 is 4.79 Å². The van der Waals surface area contributed by atoms with Crippen LogP contribution in [0.3, 0.4) is 0 Å². The third-order valence-electron chi connectivity index (χ3n) is 5.50. The summed E-state index contributed by atoms with van der Waals surface area (Å²) in [5.41, 5.74) is 4.96. The molecule has 166 valence electrons. The second-order valence-corrected chi connectivity index (χ2v) is 8.74. The summed E-state index contributed by atoms with van der Waals surface area (Å²) in [5, 5.41) is 3.03. The van der Waals surface area contributed by atoms with Gasteiger partial charge in [-0.3, -0.25) is 9.20 Å². The van der Waals surface area contributed by atoms with Crippen molar-refractivity contribution in [2.24, 2.45) is 5.92 Å². The van der Waals surface area contributed by atoms with Gasteiger partial charge < -0.3 is 15.1 Å². The molecule has 1 N–H and O–H groups in total. The van der Waals surface area contributed by atoms with E-state index in [9.17, 15) is 4.79 Å². The Hall–Kier alpha value is -3.02. The number of aryl methyl sites for hydroxylation is 1. The summed E-state index contributed by atoms with van der Waals surface area (Å²) in [6.45, 7) is 7.89. The van der Waals surface area contributed by atoms with Gasteiger partial charge in [-0.2, -0.15) is 0 Å². The molecule has 1 aromatic carbocycles. The molecule has 6 heteroatoms. The maximum Gasteiger partial charge on any atom is 0.252 e. The number of imidazole rings is 1. The first kappa shape index (κ1) is 22.7. The lowest BCUT2D eigenvalue weighted by Crippen LogP contribution is -2.25. The second kappa shape index (κ2) is 9.86. The second-order valence-electron chi connectivity index (χ2n) is 8.74. The minimum absolute atomic E-state index is 0.0397. The topological polar surface area (TPSA) is 52.9 Å². The van der Waals surface area contributed by atoms with Crippen molar-refractivity contribution >= 4 is 23.1 Å². The standard InChI is InChI=1S/C25H35N5O/c1-7-22-25(29(6)16-19-8-11-21(12-9-19)28(4)5)30-17-20(10-13-23(30)27-22)24(31)26-15-14-18(2)3/h8-13,17-18H,7,14-16H2,1-6H3,(H,26,31). The zero-order valence-electron chi connectivity index (χ0n) is 19.6. The van der Waals surface area contributed by atoms with Gasteiger partial charge >= 0.3 is 0 Å². The molecule has 3 rings (SSSR count). The van der Waals surface area contributed by atoms with Crippen molar-refractivity contribution in [3.8, 4) is 0 Å². The average Bonchev–Trinajstić information content (AvgIpc) is 3.11. The van der Waals surface area contributed by atoms with Crippen molar-refractivity contribution in [2.45, 2.75) is 40.2 Å². The molecule has 0 fully saturated rings. The SMILES string of the molecule is CCc1nc2ccc(C(=O)NCCC(C)C)cn2c1N(C)Cc1ccc(N(C)C)cc1. The summed E-state index contributed by atoms with van der Waals surface area (Å²) in [4.78, 5) is 21.8. The van der Waals surface area contributed by atoms with E-state index in [4.69, 9.17) is 4.98 Å². The van der Waals surface area contributed by atoms with Gasteiger partial charge in [-0.05, 0) is 48.6 Å². The average molecular weight is 422 g/mol. The van der Waals surface area contributed by atoms with Crippen molar-refractivity contribution in [3.05, 3.63) is 59.4 Å². The van der Waals surface area contributed by atoms with Crippen LogP contribution in [0.5, 0.6) is 0 Å². The van der Waals surface area contributed by atoms with E-state index < -0.39 is 0 Å². The quantitative estimate of drug-likeness (QED) is 0.557. The molecule has 0 spiro atoms. The van der Waals surface area contributed by atoms with Crippen LogP contribution in [0.4, 0.5) is 11.5 Å². The zero-order valence-corrected chi connectivity index (χ0v) is 19.6. The Morgan fingerprint density at radius 1 is 1.10 bits per heavy atom. The van der Waals surface area contributed by atoms with E-state index in [2.05, 4.69) is 67.2 Å². The molecule has 2 aromatic heterocycles. The van der Waals surface area contributed by atoms with Crippen LogP contribution in [-0.2, 0) is 13.0 Å². The van der Waals surface area contributed by atoms with E-state index in [1.165, 1.54) is 11.3 Å². The Balaban J connectivity index is 1.86. The van der Waals surface area contributed by atoms with Crippen molar-refractivity contribution in [1.29, 1.82) is 0 Å². The van der Waals surface area contributed by atoms with Gasteiger partial charge in [0.05, 0.1) is 11.3 Å². The number of aromatic nitrogens is 2. The summed E-state index contributed by atoms with van der Waals surface area (Å²) in [6.07, 6.45) is 3.71. The number of carbonyl (C=O) groups is 1. The van der Waals surface area contributed by atoms with Gasteiger partial charge in [0.2, 0.25) is 0 Å². The van der Waals surface area contributed by atoms with Crippen LogP contribution < -0.4 is 15.1 Å². The molecular formula is C25H35N5O. The van der Waals surface area contributed by atoms with Gasteiger partial charge in [0.15, 0.2) is 0 Å². The number of nitrogens with zero attached hydrogens (tertiary/aromatic N) is 4. The fourth-order valence-corrected chi connectivity index (χ4v) is 3.68. The molecule has 1 amide bonds. The van der Waals surface area contributed by atoms with E-state index in [0.29, 0.717) is 18.0 Å². The third-order valence-corrected chi connectivity index (χ3v) is 5.50. The highest BCUT2D eigenvalue weighted by Gasteiger charge is 2.17. The zero-order chi connectivity index (χ0) is 22.5. The lowest BCUT2D eigenvalue weighted by Gasteiger charge is -2.21. The molecule has 0 radical (unpaired) electrons. The van der Waals surface area contributed by atoms with Crippen LogP contribution in [0.2, 0.25) is 0 Å². The number of benzene rings is 1. The summed E-state index contributed by atoms with van der Waals surface area (Å²) >= 11 is 0. The van der Waals surface area contributed by atoms with Crippen molar-refractivity contribution in [1.82, 2.24) is 14.7 Å². The maximum atomic E-state index is 12.6. The molecule has 31 heavy (non-hydrogen) atoms. The van der Waals surface area contributed by atoms with E-state index in [-0.39, 0.29) is 5.91 Å². The molecule has 0 aliphatic heterocycles. The van der Waals surface area contributed by atoms with Gasteiger partial charge in [0.25, 0.3) is 5.91 Å². The molecule has 0 saturated heterocycles. The lowest BCUT2D eigenvalue weighted by atomic mass is 10.1. The van der Waals surface area contributed by atoms with Crippen LogP contribution in [0.1, 0.15) is 48.8 Å². The predicted molar refractivity (Wildman–Crippen MR) is 129 cm³/mol. The Kier molecular flexibility index (Phi) is 7.21. The molecule has 3 aromatic rings. The molecule has 0 saturated carbocycles.